The van der Waals surface area contributed by atoms with Gasteiger partial charge in [-0.1, -0.05) is 44.5 Å². The summed E-state index contributed by atoms with van der Waals surface area (Å²) >= 11 is 3.30. The van der Waals surface area contributed by atoms with Crippen LogP contribution in [-0.2, 0) is 19.7 Å². The Bertz CT molecular complexity index is 1260. The minimum absolute atomic E-state index is 0.0533. The van der Waals surface area contributed by atoms with Gasteiger partial charge in [-0.3, -0.25) is 14.5 Å². The van der Waals surface area contributed by atoms with Crippen LogP contribution in [-0.4, -0.2) is 54.2 Å². The number of thioether (sulfide) groups is 1. The van der Waals surface area contributed by atoms with Crippen LogP contribution in [0.25, 0.3) is 5.69 Å². The number of aromatic nitrogens is 2. The van der Waals surface area contributed by atoms with Gasteiger partial charge in [-0.25, -0.2) is 4.68 Å². The van der Waals surface area contributed by atoms with Crippen LogP contribution in [0.4, 0.5) is 5.82 Å². The number of rotatable bonds is 8. The molecule has 1 aromatic carbocycles. The molecule has 1 aliphatic heterocycles. The molecule has 0 spiro atoms. The van der Waals surface area contributed by atoms with Crippen molar-refractivity contribution in [2.75, 3.05) is 37.5 Å². The first-order valence-electron chi connectivity index (χ1n) is 12.5. The van der Waals surface area contributed by atoms with E-state index in [0.717, 1.165) is 28.1 Å². The highest BCUT2D eigenvalue weighted by Crippen LogP contribution is 2.49. The second-order valence-corrected chi connectivity index (χ2v) is 12.5. The van der Waals surface area contributed by atoms with E-state index in [-0.39, 0.29) is 34.8 Å². The van der Waals surface area contributed by atoms with E-state index in [2.05, 4.69) is 69.6 Å². The van der Waals surface area contributed by atoms with Gasteiger partial charge < -0.3 is 10.1 Å². The van der Waals surface area contributed by atoms with Crippen molar-refractivity contribution < 1.29 is 14.3 Å². The van der Waals surface area contributed by atoms with Crippen molar-refractivity contribution in [3.63, 3.8) is 0 Å². The summed E-state index contributed by atoms with van der Waals surface area (Å²) in [6.45, 7) is 11.6. The molecule has 2 amide bonds. The molecule has 198 valence electrons. The van der Waals surface area contributed by atoms with E-state index in [0.29, 0.717) is 25.4 Å². The van der Waals surface area contributed by atoms with Crippen molar-refractivity contribution in [2.24, 2.45) is 0 Å². The molecule has 2 aromatic heterocycles. The smallest absolute Gasteiger partial charge is 0.240 e. The van der Waals surface area contributed by atoms with Gasteiger partial charge in [-0.05, 0) is 43.3 Å². The maximum atomic E-state index is 13.7. The predicted octanol–water partition coefficient (Wildman–Crippen LogP) is 5.17. The number of hydrogen-bond acceptors (Lipinski definition) is 6. The molecule has 0 saturated carbocycles. The molecule has 1 N–H and O–H groups in total. The van der Waals surface area contributed by atoms with Gasteiger partial charge in [0.2, 0.25) is 11.8 Å². The summed E-state index contributed by atoms with van der Waals surface area (Å²) in [6, 6.07) is 10.4. The largest absolute Gasteiger partial charge is 0.385 e. The standard InChI is InChI=1S/C28H36N4O3S2/c1-18-10-11-20(19(2)15-18)32-27-24(26(30-32)28(3,4)5)25(21-9-7-14-36-21)37-17-23(34)31(27)16-22(33)29-12-8-13-35-6/h7,9-11,14-15,25H,8,12-13,16-17H2,1-6H3,(H,29,33)/t25-/m1/s1. The molecule has 0 unspecified atom stereocenters. The summed E-state index contributed by atoms with van der Waals surface area (Å²) in [7, 11) is 1.64. The molecule has 3 heterocycles. The molecular formula is C28H36N4O3S2. The second kappa shape index (κ2) is 11.4. The number of hydrogen-bond donors (Lipinski definition) is 1. The highest BCUT2D eigenvalue weighted by atomic mass is 32.2. The van der Waals surface area contributed by atoms with E-state index in [9.17, 15) is 9.59 Å². The molecule has 0 bridgehead atoms. The van der Waals surface area contributed by atoms with E-state index in [1.54, 1.807) is 35.1 Å². The van der Waals surface area contributed by atoms with Gasteiger partial charge in [-0.15, -0.1) is 23.1 Å². The number of thiophene rings is 1. The first-order chi connectivity index (χ1) is 17.6. The first-order valence-corrected chi connectivity index (χ1v) is 14.5. The molecule has 4 rings (SSSR count). The monoisotopic (exact) mass is 540 g/mol. The van der Waals surface area contributed by atoms with Gasteiger partial charge in [0.1, 0.15) is 12.4 Å². The fourth-order valence-corrected chi connectivity index (χ4v) is 6.77. The van der Waals surface area contributed by atoms with Gasteiger partial charge in [0.05, 0.1) is 22.4 Å². The van der Waals surface area contributed by atoms with E-state index in [1.165, 1.54) is 4.88 Å². The highest BCUT2D eigenvalue weighted by molar-refractivity contribution is 8.00. The van der Waals surface area contributed by atoms with Crippen molar-refractivity contribution in [1.82, 2.24) is 15.1 Å². The molecular weight excluding hydrogens is 504 g/mol. The van der Waals surface area contributed by atoms with Crippen LogP contribution < -0.4 is 10.2 Å². The third-order valence-electron chi connectivity index (χ3n) is 6.33. The van der Waals surface area contributed by atoms with Crippen molar-refractivity contribution in [3.05, 3.63) is 63.0 Å². The molecule has 0 radical (unpaired) electrons. The Morgan fingerprint density at radius 1 is 1.24 bits per heavy atom. The second-order valence-electron chi connectivity index (χ2n) is 10.4. The molecule has 9 heteroatoms. The van der Waals surface area contributed by atoms with Crippen LogP contribution in [0.3, 0.4) is 0 Å². The summed E-state index contributed by atoms with van der Waals surface area (Å²) in [5, 5.41) is 10.1. The molecule has 1 atom stereocenters. The number of ether oxygens (including phenoxy) is 1. The fourth-order valence-electron chi connectivity index (χ4n) is 4.59. The molecule has 0 aliphatic carbocycles. The Balaban J connectivity index is 1.90. The van der Waals surface area contributed by atoms with Crippen molar-refractivity contribution in [1.29, 1.82) is 0 Å². The van der Waals surface area contributed by atoms with E-state index in [4.69, 9.17) is 9.84 Å². The van der Waals surface area contributed by atoms with Gasteiger partial charge in [0.15, 0.2) is 0 Å². The number of amides is 2. The van der Waals surface area contributed by atoms with Crippen molar-refractivity contribution in [2.45, 2.75) is 51.7 Å². The summed E-state index contributed by atoms with van der Waals surface area (Å²) in [5.74, 6) is 0.687. The van der Waals surface area contributed by atoms with Crippen LogP contribution in [0, 0.1) is 13.8 Å². The number of carbonyl (C=O) groups is 2. The molecule has 0 fully saturated rings. The zero-order chi connectivity index (χ0) is 26.7. The maximum Gasteiger partial charge on any atom is 0.240 e. The maximum absolute atomic E-state index is 13.7. The Morgan fingerprint density at radius 2 is 2.03 bits per heavy atom. The average Bonchev–Trinajstić information content (AvgIpc) is 3.47. The minimum Gasteiger partial charge on any atom is -0.385 e. The lowest BCUT2D eigenvalue weighted by Crippen LogP contribution is -2.42. The molecule has 7 nitrogen and oxygen atoms in total. The van der Waals surface area contributed by atoms with Crippen LogP contribution in [0.1, 0.15) is 59.7 Å². The van der Waals surface area contributed by atoms with Crippen LogP contribution >= 0.6 is 23.1 Å². The fraction of sp³-hybridized carbons (Fsp3) is 0.464. The van der Waals surface area contributed by atoms with Crippen LogP contribution in [0.5, 0.6) is 0 Å². The first kappa shape index (κ1) is 27.4. The van der Waals surface area contributed by atoms with Crippen molar-refractivity contribution >= 4 is 40.7 Å². The van der Waals surface area contributed by atoms with E-state index in [1.807, 2.05) is 10.7 Å². The number of carbonyl (C=O) groups excluding carboxylic acids is 2. The number of anilines is 1. The predicted molar refractivity (Wildman–Crippen MR) is 152 cm³/mol. The lowest BCUT2D eigenvalue weighted by Gasteiger charge is -2.24. The normalized spacial score (nSPS) is 16.0. The molecule has 3 aromatic rings. The Labute approximate surface area is 227 Å². The van der Waals surface area contributed by atoms with Gasteiger partial charge >= 0.3 is 0 Å². The number of nitrogens with zero attached hydrogens (tertiary/aromatic N) is 3. The van der Waals surface area contributed by atoms with Gasteiger partial charge in [0.25, 0.3) is 0 Å². The van der Waals surface area contributed by atoms with Crippen molar-refractivity contribution in [3.8, 4) is 5.69 Å². The Morgan fingerprint density at radius 3 is 2.68 bits per heavy atom. The summed E-state index contributed by atoms with van der Waals surface area (Å²) in [5.41, 5.74) is 4.81. The summed E-state index contributed by atoms with van der Waals surface area (Å²) < 4.78 is 6.99. The molecule has 37 heavy (non-hydrogen) atoms. The lowest BCUT2D eigenvalue weighted by atomic mass is 9.88. The Kier molecular flexibility index (Phi) is 8.46. The molecule has 1 aliphatic rings. The van der Waals surface area contributed by atoms with E-state index < -0.39 is 0 Å². The number of methoxy groups -OCH3 is 1. The number of aryl methyl sites for hydroxylation is 2. The lowest BCUT2D eigenvalue weighted by molar-refractivity contribution is -0.122. The topological polar surface area (TPSA) is 76.5 Å². The number of nitrogens with one attached hydrogen (secondary N) is 1. The zero-order valence-corrected chi connectivity index (χ0v) is 24.1. The average molecular weight is 541 g/mol. The third-order valence-corrected chi connectivity index (χ3v) is 8.65. The van der Waals surface area contributed by atoms with E-state index >= 15 is 0 Å². The highest BCUT2D eigenvalue weighted by Gasteiger charge is 2.40. The van der Waals surface area contributed by atoms with Crippen LogP contribution in [0.2, 0.25) is 0 Å². The SMILES string of the molecule is COCCCNC(=O)CN1C(=O)CS[C@H](c2cccs2)c2c(C(C)(C)C)nn(-c3ccc(C)cc3C)c21. The van der Waals surface area contributed by atoms with Gasteiger partial charge in [-0.2, -0.15) is 5.10 Å². The zero-order valence-electron chi connectivity index (χ0n) is 22.5. The van der Waals surface area contributed by atoms with Crippen LogP contribution in [0.15, 0.2) is 35.7 Å². The summed E-state index contributed by atoms with van der Waals surface area (Å²) in [6.07, 6.45) is 0.715. The summed E-state index contributed by atoms with van der Waals surface area (Å²) in [4.78, 5) is 29.5. The number of benzene rings is 1. The quantitative estimate of drug-likeness (QED) is 0.399. The molecule has 0 saturated heterocycles. The number of fused-ring (bicyclic) bond motifs is 1. The van der Waals surface area contributed by atoms with Gasteiger partial charge in [0, 0.05) is 36.1 Å². The minimum atomic E-state index is -0.272. The third kappa shape index (κ3) is 5.94. The Hall–Kier alpha value is -2.62.